The van der Waals surface area contributed by atoms with Gasteiger partial charge in [0.15, 0.2) is 0 Å². The molecule has 4 rings (SSSR count). The summed E-state index contributed by atoms with van der Waals surface area (Å²) in [6.45, 7) is 5.32. The maximum Gasteiger partial charge on any atom is 0.345 e. The number of H-pyrrole nitrogens is 1. The van der Waals surface area contributed by atoms with Gasteiger partial charge in [0.25, 0.3) is 5.91 Å². The van der Waals surface area contributed by atoms with Crippen molar-refractivity contribution in [3.05, 3.63) is 70.1 Å². The van der Waals surface area contributed by atoms with Crippen molar-refractivity contribution < 1.29 is 14.7 Å². The van der Waals surface area contributed by atoms with Gasteiger partial charge in [-0.3, -0.25) is 9.59 Å². The van der Waals surface area contributed by atoms with Crippen LogP contribution < -0.4 is 5.69 Å². The topological polar surface area (TPSA) is 107 Å². The lowest BCUT2D eigenvalue weighted by Crippen LogP contribution is -2.50. The van der Waals surface area contributed by atoms with Gasteiger partial charge in [-0.1, -0.05) is 12.1 Å². The highest BCUT2D eigenvalue weighted by Gasteiger charge is 2.23. The van der Waals surface area contributed by atoms with E-state index in [2.05, 4.69) is 9.97 Å². The normalized spacial score (nSPS) is 13.8. The van der Waals surface area contributed by atoms with Crippen LogP contribution in [0.4, 0.5) is 0 Å². The van der Waals surface area contributed by atoms with Gasteiger partial charge >= 0.3 is 5.69 Å². The van der Waals surface area contributed by atoms with Crippen molar-refractivity contribution in [2.24, 2.45) is 0 Å². The largest absolute Gasteiger partial charge is 0.508 e. The quantitative estimate of drug-likeness (QED) is 0.661. The second-order valence-electron chi connectivity index (χ2n) is 7.87. The number of rotatable bonds is 3. The Kier molecular flexibility index (Phi) is 5.77. The first kappa shape index (κ1) is 21.3. The summed E-state index contributed by atoms with van der Waals surface area (Å²) < 4.78 is 0. The molecule has 2 N–H and O–H groups in total. The highest BCUT2D eigenvalue weighted by Crippen LogP contribution is 2.26. The summed E-state index contributed by atoms with van der Waals surface area (Å²) in [7, 11) is 0. The lowest BCUT2D eigenvalue weighted by molar-refractivity contribution is -0.130. The Morgan fingerprint density at radius 3 is 2.38 bits per heavy atom. The number of phenols is 1. The van der Waals surface area contributed by atoms with Gasteiger partial charge in [-0.05, 0) is 54.4 Å². The molecule has 3 aromatic rings. The number of phenolic OH excluding ortho intramolecular Hbond substituents is 1. The number of aromatic hydroxyl groups is 1. The third kappa shape index (κ3) is 4.39. The first-order valence-electron chi connectivity index (χ1n) is 10.4. The summed E-state index contributed by atoms with van der Waals surface area (Å²) >= 11 is 0. The van der Waals surface area contributed by atoms with Gasteiger partial charge in [0.2, 0.25) is 5.91 Å². The Bertz CT molecular complexity index is 1240. The minimum atomic E-state index is -0.500. The fourth-order valence-corrected chi connectivity index (χ4v) is 3.80. The molecule has 0 saturated carbocycles. The van der Waals surface area contributed by atoms with Gasteiger partial charge < -0.3 is 19.9 Å². The van der Waals surface area contributed by atoms with Crippen LogP contribution in [0.3, 0.4) is 0 Å². The number of amides is 2. The van der Waals surface area contributed by atoms with Gasteiger partial charge in [-0.25, -0.2) is 4.79 Å². The van der Waals surface area contributed by atoms with Crippen molar-refractivity contribution in [1.82, 2.24) is 19.8 Å². The summed E-state index contributed by atoms with van der Waals surface area (Å²) in [5.41, 5.74) is 3.12. The van der Waals surface area contributed by atoms with E-state index in [0.717, 1.165) is 5.56 Å². The van der Waals surface area contributed by atoms with Crippen molar-refractivity contribution in [2.75, 3.05) is 26.2 Å². The standard InChI is InChI=1S/C24H24N4O4/c1-15-12-18(6-7-22(15)30)21-14-20(25-24(32)26-21)17-4-3-5-19(13-17)23(31)28-10-8-27(9-11-28)16(2)29/h3-7,12-14,30H,8-11H2,1-2H3,(H,25,26,32). The van der Waals surface area contributed by atoms with Crippen LogP contribution >= 0.6 is 0 Å². The molecule has 2 aromatic carbocycles. The summed E-state index contributed by atoms with van der Waals surface area (Å²) in [5.74, 6) is 0.0779. The third-order valence-electron chi connectivity index (χ3n) is 5.67. The smallest absolute Gasteiger partial charge is 0.345 e. The Hall–Kier alpha value is -3.94. The molecule has 32 heavy (non-hydrogen) atoms. The molecule has 8 heteroatoms. The molecule has 8 nitrogen and oxygen atoms in total. The summed E-state index contributed by atoms with van der Waals surface area (Å²) in [4.78, 5) is 47.0. The highest BCUT2D eigenvalue weighted by molar-refractivity contribution is 5.95. The highest BCUT2D eigenvalue weighted by atomic mass is 16.3. The number of hydrogen-bond acceptors (Lipinski definition) is 5. The van der Waals surface area contributed by atoms with E-state index in [9.17, 15) is 19.5 Å². The molecule has 164 valence electrons. The molecular weight excluding hydrogens is 408 g/mol. The van der Waals surface area contributed by atoms with Crippen LogP contribution in [-0.4, -0.2) is 62.9 Å². The summed E-state index contributed by atoms with van der Waals surface area (Å²) in [5, 5.41) is 9.77. The number of piperazine rings is 1. The number of hydrogen-bond donors (Lipinski definition) is 2. The fourth-order valence-electron chi connectivity index (χ4n) is 3.80. The number of nitrogens with zero attached hydrogens (tertiary/aromatic N) is 3. The molecule has 2 heterocycles. The first-order valence-corrected chi connectivity index (χ1v) is 10.4. The Morgan fingerprint density at radius 2 is 1.69 bits per heavy atom. The van der Waals surface area contributed by atoms with Crippen LogP contribution in [-0.2, 0) is 4.79 Å². The Balaban J connectivity index is 1.61. The zero-order valence-electron chi connectivity index (χ0n) is 18.0. The average Bonchev–Trinajstić information content (AvgIpc) is 2.80. The van der Waals surface area contributed by atoms with E-state index in [4.69, 9.17) is 0 Å². The minimum absolute atomic E-state index is 0.0131. The molecule has 0 spiro atoms. The van der Waals surface area contributed by atoms with Gasteiger partial charge in [-0.2, -0.15) is 4.98 Å². The molecule has 1 saturated heterocycles. The third-order valence-corrected chi connectivity index (χ3v) is 5.67. The lowest BCUT2D eigenvalue weighted by Gasteiger charge is -2.34. The molecule has 1 aromatic heterocycles. The van der Waals surface area contributed by atoms with Crippen molar-refractivity contribution in [2.45, 2.75) is 13.8 Å². The number of aryl methyl sites for hydroxylation is 1. The number of aromatic amines is 1. The summed E-state index contributed by atoms with van der Waals surface area (Å²) in [6, 6.07) is 13.9. The zero-order valence-corrected chi connectivity index (χ0v) is 18.0. The molecule has 2 amide bonds. The van der Waals surface area contributed by atoms with Crippen molar-refractivity contribution in [3.63, 3.8) is 0 Å². The van der Waals surface area contributed by atoms with Gasteiger partial charge in [0.1, 0.15) is 5.75 Å². The maximum atomic E-state index is 13.0. The number of benzene rings is 2. The van der Waals surface area contributed by atoms with Crippen molar-refractivity contribution >= 4 is 11.8 Å². The first-order chi connectivity index (χ1) is 15.3. The maximum absolute atomic E-state index is 13.0. The average molecular weight is 432 g/mol. The van der Waals surface area contributed by atoms with E-state index < -0.39 is 5.69 Å². The van der Waals surface area contributed by atoms with E-state index in [0.29, 0.717) is 54.3 Å². The van der Waals surface area contributed by atoms with Crippen LogP contribution in [0.25, 0.3) is 22.5 Å². The molecule has 0 atom stereocenters. The Morgan fingerprint density at radius 1 is 0.969 bits per heavy atom. The van der Waals surface area contributed by atoms with E-state index in [1.54, 1.807) is 65.3 Å². The molecule has 0 bridgehead atoms. The van der Waals surface area contributed by atoms with Gasteiger partial charge in [-0.15, -0.1) is 0 Å². The van der Waals surface area contributed by atoms with Gasteiger partial charge in [0, 0.05) is 44.2 Å². The minimum Gasteiger partial charge on any atom is -0.508 e. The number of nitrogens with one attached hydrogen (secondary N) is 1. The molecule has 1 aliphatic heterocycles. The predicted molar refractivity (Wildman–Crippen MR) is 120 cm³/mol. The number of carbonyl (C=O) groups excluding carboxylic acids is 2. The fraction of sp³-hybridized carbons (Fsp3) is 0.250. The van der Waals surface area contributed by atoms with Crippen molar-refractivity contribution in [3.8, 4) is 28.3 Å². The van der Waals surface area contributed by atoms with E-state index in [1.807, 2.05) is 0 Å². The molecule has 0 unspecified atom stereocenters. The van der Waals surface area contributed by atoms with Crippen LogP contribution in [0, 0.1) is 6.92 Å². The molecular formula is C24H24N4O4. The SMILES string of the molecule is CC(=O)N1CCN(C(=O)c2cccc(-c3cc(-c4ccc(O)c(C)c4)[nH]c(=O)n3)c2)CC1. The molecule has 0 radical (unpaired) electrons. The van der Waals surface area contributed by atoms with Crippen LogP contribution in [0.2, 0.25) is 0 Å². The monoisotopic (exact) mass is 432 g/mol. The molecule has 1 aliphatic rings. The molecule has 0 aliphatic carbocycles. The zero-order chi connectivity index (χ0) is 22.8. The second kappa shape index (κ2) is 8.66. The van der Waals surface area contributed by atoms with Gasteiger partial charge in [0.05, 0.1) is 11.4 Å². The molecule has 1 fully saturated rings. The predicted octanol–water partition coefficient (Wildman–Crippen LogP) is 2.42. The summed E-state index contributed by atoms with van der Waals surface area (Å²) in [6.07, 6.45) is 0. The number of carbonyl (C=O) groups is 2. The lowest BCUT2D eigenvalue weighted by atomic mass is 10.0. The second-order valence-corrected chi connectivity index (χ2v) is 7.87. The van der Waals surface area contributed by atoms with Crippen LogP contribution in [0.1, 0.15) is 22.8 Å². The number of aromatic nitrogens is 2. The Labute approximate surface area is 185 Å². The van der Waals surface area contributed by atoms with E-state index in [-0.39, 0.29) is 17.6 Å². The van der Waals surface area contributed by atoms with Crippen molar-refractivity contribution in [1.29, 1.82) is 0 Å². The van der Waals surface area contributed by atoms with Crippen LogP contribution in [0.5, 0.6) is 5.75 Å². The van der Waals surface area contributed by atoms with Crippen LogP contribution in [0.15, 0.2) is 53.3 Å². The van der Waals surface area contributed by atoms with E-state index >= 15 is 0 Å². The van der Waals surface area contributed by atoms with E-state index in [1.165, 1.54) is 6.92 Å².